The lowest BCUT2D eigenvalue weighted by Crippen LogP contribution is -2.39. The lowest BCUT2D eigenvalue weighted by Gasteiger charge is -2.07. The van der Waals surface area contributed by atoms with Crippen molar-refractivity contribution in [2.75, 3.05) is 6.54 Å². The summed E-state index contributed by atoms with van der Waals surface area (Å²) in [5, 5.41) is 10.1. The fourth-order valence-corrected chi connectivity index (χ4v) is 1.84. The fourth-order valence-electron chi connectivity index (χ4n) is 1.71. The zero-order valence-corrected chi connectivity index (χ0v) is 11.8. The summed E-state index contributed by atoms with van der Waals surface area (Å²) in [5.41, 5.74) is 1.44. The highest BCUT2D eigenvalue weighted by molar-refractivity contribution is 6.31. The molecule has 1 heterocycles. The molecule has 2 rings (SSSR count). The van der Waals surface area contributed by atoms with Gasteiger partial charge in [0, 0.05) is 6.04 Å². The van der Waals surface area contributed by atoms with Crippen molar-refractivity contribution in [1.82, 2.24) is 20.4 Å². The first-order valence-electron chi connectivity index (χ1n) is 6.23. The van der Waals surface area contributed by atoms with E-state index in [0.29, 0.717) is 16.8 Å². The molecule has 0 radical (unpaired) electrons. The number of carbonyl (C=O) groups excluding carboxylic acids is 2. The summed E-state index contributed by atoms with van der Waals surface area (Å²) in [6.45, 7) is 3.65. The van der Waals surface area contributed by atoms with Gasteiger partial charge in [-0.25, -0.2) is 0 Å². The van der Waals surface area contributed by atoms with Crippen LogP contribution in [0.3, 0.4) is 0 Å². The van der Waals surface area contributed by atoms with Crippen LogP contribution < -0.4 is 10.6 Å². The third-order valence-corrected chi connectivity index (χ3v) is 3.52. The Morgan fingerprint density at radius 1 is 1.37 bits per heavy atom. The Bertz CT molecular complexity index is 508. The second-order valence-corrected chi connectivity index (χ2v) is 5.14. The van der Waals surface area contributed by atoms with Crippen LogP contribution in [-0.2, 0) is 16.1 Å². The van der Waals surface area contributed by atoms with E-state index in [1.165, 1.54) is 4.68 Å². The first-order chi connectivity index (χ1) is 8.97. The van der Waals surface area contributed by atoms with Crippen LogP contribution in [0.1, 0.15) is 24.2 Å². The molecule has 1 aliphatic rings. The number of carbonyl (C=O) groups is 2. The van der Waals surface area contributed by atoms with Crippen molar-refractivity contribution in [1.29, 1.82) is 0 Å². The summed E-state index contributed by atoms with van der Waals surface area (Å²) >= 11 is 5.99. The maximum absolute atomic E-state index is 11.7. The number of rotatable bonds is 5. The molecule has 0 aromatic carbocycles. The van der Waals surface area contributed by atoms with Gasteiger partial charge in [0.1, 0.15) is 6.54 Å². The molecule has 0 spiro atoms. The fraction of sp³-hybridized carbons (Fsp3) is 0.583. The Morgan fingerprint density at radius 3 is 2.58 bits per heavy atom. The van der Waals surface area contributed by atoms with Crippen molar-refractivity contribution >= 4 is 23.4 Å². The minimum absolute atomic E-state index is 0.00235. The molecule has 2 N–H and O–H groups in total. The molecule has 1 saturated carbocycles. The Kier molecular flexibility index (Phi) is 4.09. The molecular formula is C12H17ClN4O2. The maximum Gasteiger partial charge on any atom is 0.242 e. The Labute approximate surface area is 116 Å². The highest BCUT2D eigenvalue weighted by Gasteiger charge is 2.23. The molecule has 2 amide bonds. The summed E-state index contributed by atoms with van der Waals surface area (Å²) < 4.78 is 1.53. The van der Waals surface area contributed by atoms with Gasteiger partial charge < -0.3 is 10.6 Å². The molecule has 19 heavy (non-hydrogen) atoms. The highest BCUT2D eigenvalue weighted by atomic mass is 35.5. The summed E-state index contributed by atoms with van der Waals surface area (Å²) in [6, 6.07) is 0.305. The van der Waals surface area contributed by atoms with Crippen molar-refractivity contribution in [3.63, 3.8) is 0 Å². The molecule has 0 bridgehead atoms. The number of hydrogen-bond donors (Lipinski definition) is 2. The summed E-state index contributed by atoms with van der Waals surface area (Å²) in [6.07, 6.45) is 2.06. The van der Waals surface area contributed by atoms with E-state index in [9.17, 15) is 9.59 Å². The first-order valence-corrected chi connectivity index (χ1v) is 6.60. The minimum atomic E-state index is -0.256. The SMILES string of the molecule is Cc1nn(CC(=O)NCC(=O)NC2CC2)c(C)c1Cl. The molecule has 1 aromatic heterocycles. The lowest BCUT2D eigenvalue weighted by atomic mass is 10.4. The molecule has 1 fully saturated rings. The minimum Gasteiger partial charge on any atom is -0.352 e. The zero-order valence-electron chi connectivity index (χ0n) is 11.0. The van der Waals surface area contributed by atoms with Gasteiger partial charge in [0.2, 0.25) is 11.8 Å². The van der Waals surface area contributed by atoms with E-state index < -0.39 is 0 Å². The highest BCUT2D eigenvalue weighted by Crippen LogP contribution is 2.19. The van der Waals surface area contributed by atoms with Gasteiger partial charge in [-0.1, -0.05) is 11.6 Å². The van der Waals surface area contributed by atoms with Gasteiger partial charge >= 0.3 is 0 Å². The number of hydrogen-bond acceptors (Lipinski definition) is 3. The van der Waals surface area contributed by atoms with Crippen LogP contribution in [0.5, 0.6) is 0 Å². The van der Waals surface area contributed by atoms with Gasteiger partial charge in [-0.05, 0) is 26.7 Å². The molecule has 104 valence electrons. The standard InChI is InChI=1S/C12H17ClN4O2/c1-7-12(13)8(2)17(16-7)6-11(19)14-5-10(18)15-9-3-4-9/h9H,3-6H2,1-2H3,(H,14,19)(H,15,18). The number of nitrogens with one attached hydrogen (secondary N) is 2. The van der Waals surface area contributed by atoms with Gasteiger partial charge in [0.05, 0.1) is 23.0 Å². The van der Waals surface area contributed by atoms with Crippen LogP contribution in [-0.4, -0.2) is 34.2 Å². The summed E-state index contributed by atoms with van der Waals surface area (Å²) in [4.78, 5) is 23.1. The van der Waals surface area contributed by atoms with E-state index in [0.717, 1.165) is 18.5 Å². The van der Waals surface area contributed by atoms with Crippen LogP contribution >= 0.6 is 11.6 Å². The average molecular weight is 285 g/mol. The van der Waals surface area contributed by atoms with Gasteiger partial charge in [0.15, 0.2) is 0 Å². The molecular weight excluding hydrogens is 268 g/mol. The second kappa shape index (κ2) is 5.61. The van der Waals surface area contributed by atoms with Crippen LogP contribution in [0, 0.1) is 13.8 Å². The van der Waals surface area contributed by atoms with Crippen molar-refractivity contribution < 1.29 is 9.59 Å². The van der Waals surface area contributed by atoms with Crippen LogP contribution in [0.15, 0.2) is 0 Å². The molecule has 0 unspecified atom stereocenters. The number of aromatic nitrogens is 2. The van der Waals surface area contributed by atoms with Gasteiger partial charge in [0.25, 0.3) is 0 Å². The summed E-state index contributed by atoms with van der Waals surface area (Å²) in [5.74, 6) is -0.407. The van der Waals surface area contributed by atoms with Gasteiger partial charge in [-0.15, -0.1) is 0 Å². The van der Waals surface area contributed by atoms with Gasteiger partial charge in [-0.3, -0.25) is 14.3 Å². The molecule has 1 aromatic rings. The molecule has 7 heteroatoms. The van der Waals surface area contributed by atoms with Crippen LogP contribution in [0.25, 0.3) is 0 Å². The molecule has 1 aliphatic carbocycles. The van der Waals surface area contributed by atoms with E-state index in [-0.39, 0.29) is 24.9 Å². The van der Waals surface area contributed by atoms with Crippen molar-refractivity contribution in [2.45, 2.75) is 39.3 Å². The Hall–Kier alpha value is -1.56. The van der Waals surface area contributed by atoms with E-state index in [4.69, 9.17) is 11.6 Å². The predicted octanol–water partition coefficient (Wildman–Crippen LogP) is 0.548. The van der Waals surface area contributed by atoms with E-state index in [1.54, 1.807) is 13.8 Å². The topological polar surface area (TPSA) is 76.0 Å². The summed E-state index contributed by atoms with van der Waals surface area (Å²) in [7, 11) is 0. The molecule has 0 atom stereocenters. The van der Waals surface area contributed by atoms with E-state index >= 15 is 0 Å². The third-order valence-electron chi connectivity index (χ3n) is 2.98. The molecule has 0 aliphatic heterocycles. The smallest absolute Gasteiger partial charge is 0.242 e. The number of amides is 2. The third kappa shape index (κ3) is 3.70. The van der Waals surface area contributed by atoms with E-state index in [2.05, 4.69) is 15.7 Å². The van der Waals surface area contributed by atoms with E-state index in [1.807, 2.05) is 0 Å². The Balaban J connectivity index is 1.80. The van der Waals surface area contributed by atoms with Crippen molar-refractivity contribution in [3.05, 3.63) is 16.4 Å². The second-order valence-electron chi connectivity index (χ2n) is 4.76. The van der Waals surface area contributed by atoms with Gasteiger partial charge in [-0.2, -0.15) is 5.10 Å². The first kappa shape index (κ1) is 13.9. The zero-order chi connectivity index (χ0) is 14.0. The number of nitrogens with zero attached hydrogens (tertiary/aromatic N) is 2. The predicted molar refractivity (Wildman–Crippen MR) is 70.9 cm³/mol. The van der Waals surface area contributed by atoms with Crippen LogP contribution in [0.4, 0.5) is 0 Å². The van der Waals surface area contributed by atoms with Crippen LogP contribution in [0.2, 0.25) is 5.02 Å². The molecule has 0 saturated heterocycles. The van der Waals surface area contributed by atoms with Crippen molar-refractivity contribution in [2.24, 2.45) is 0 Å². The average Bonchev–Trinajstić information content (AvgIpc) is 3.13. The largest absolute Gasteiger partial charge is 0.352 e. The normalized spacial score (nSPS) is 14.3. The lowest BCUT2D eigenvalue weighted by molar-refractivity contribution is -0.126. The van der Waals surface area contributed by atoms with Crippen molar-refractivity contribution in [3.8, 4) is 0 Å². The Morgan fingerprint density at radius 2 is 2.05 bits per heavy atom. The quantitative estimate of drug-likeness (QED) is 0.829. The number of halogens is 1. The monoisotopic (exact) mass is 284 g/mol. The molecule has 6 nitrogen and oxygen atoms in total. The maximum atomic E-state index is 11.7. The number of aryl methyl sites for hydroxylation is 1.